The number of fused-ring (bicyclic) bond motifs is 1. The van der Waals surface area contributed by atoms with E-state index in [1.807, 2.05) is 25.1 Å². The lowest BCUT2D eigenvalue weighted by atomic mass is 9.86. The maximum atomic E-state index is 12.7. The van der Waals surface area contributed by atoms with Gasteiger partial charge in [-0.05, 0) is 56.7 Å². The first-order valence-corrected chi connectivity index (χ1v) is 11.2. The molecule has 0 bridgehead atoms. The highest BCUT2D eigenvalue weighted by Crippen LogP contribution is 2.32. The predicted molar refractivity (Wildman–Crippen MR) is 113 cm³/mol. The van der Waals surface area contributed by atoms with Crippen LogP contribution in [0.25, 0.3) is 10.6 Å². The Labute approximate surface area is 174 Å². The van der Waals surface area contributed by atoms with E-state index in [0.29, 0.717) is 18.4 Å². The van der Waals surface area contributed by atoms with Gasteiger partial charge in [0, 0.05) is 41.6 Å². The van der Waals surface area contributed by atoms with Crippen LogP contribution in [0.15, 0.2) is 18.2 Å². The molecule has 1 aromatic heterocycles. The van der Waals surface area contributed by atoms with Crippen molar-refractivity contribution in [1.82, 2.24) is 15.6 Å². The van der Waals surface area contributed by atoms with Gasteiger partial charge in [0.2, 0.25) is 0 Å². The zero-order valence-corrected chi connectivity index (χ0v) is 17.5. The monoisotopic (exact) mass is 413 g/mol. The molecule has 2 aliphatic rings. The Bertz CT molecular complexity index is 893. The summed E-state index contributed by atoms with van der Waals surface area (Å²) in [5, 5.41) is 16.6. The second kappa shape index (κ2) is 8.63. The number of aliphatic carboxylic acids is 1. The van der Waals surface area contributed by atoms with E-state index in [1.165, 1.54) is 10.6 Å². The van der Waals surface area contributed by atoms with Gasteiger partial charge in [-0.2, -0.15) is 0 Å². The van der Waals surface area contributed by atoms with Gasteiger partial charge in [0.15, 0.2) is 0 Å². The summed E-state index contributed by atoms with van der Waals surface area (Å²) in [5.74, 6) is -1.08. The maximum Gasteiger partial charge on any atom is 0.306 e. The van der Waals surface area contributed by atoms with Crippen molar-refractivity contribution in [1.29, 1.82) is 0 Å². The van der Waals surface area contributed by atoms with Gasteiger partial charge in [-0.25, -0.2) is 4.98 Å². The molecule has 2 heterocycles. The molecule has 0 spiro atoms. The number of benzene rings is 1. The topological polar surface area (TPSA) is 91.3 Å². The SMILES string of the molecule is Cc1cc(C(=O)NC2CCC(C(=O)O)CC2)ccc1-c1nc2c(s1)CCNCC2. The number of aryl methyl sites for hydroxylation is 1. The molecular formula is C22H27N3O3S. The molecule has 1 saturated carbocycles. The first kappa shape index (κ1) is 20.0. The summed E-state index contributed by atoms with van der Waals surface area (Å²) in [6.07, 6.45) is 4.69. The summed E-state index contributed by atoms with van der Waals surface area (Å²) in [6.45, 7) is 4.00. The number of carboxylic acid groups (broad SMARTS) is 1. The average Bonchev–Trinajstić information content (AvgIpc) is 2.98. The Hall–Kier alpha value is -2.25. The van der Waals surface area contributed by atoms with E-state index < -0.39 is 5.97 Å². The molecule has 0 saturated heterocycles. The summed E-state index contributed by atoms with van der Waals surface area (Å²) >= 11 is 1.76. The highest BCUT2D eigenvalue weighted by Gasteiger charge is 2.27. The van der Waals surface area contributed by atoms with Crippen LogP contribution in [-0.4, -0.2) is 41.1 Å². The largest absolute Gasteiger partial charge is 0.481 e. The molecule has 2 aromatic rings. The van der Waals surface area contributed by atoms with Crippen LogP contribution in [-0.2, 0) is 17.6 Å². The molecule has 7 heteroatoms. The van der Waals surface area contributed by atoms with Crippen molar-refractivity contribution in [3.05, 3.63) is 39.9 Å². The van der Waals surface area contributed by atoms with E-state index in [4.69, 9.17) is 10.1 Å². The van der Waals surface area contributed by atoms with Crippen molar-refractivity contribution < 1.29 is 14.7 Å². The number of carbonyl (C=O) groups excluding carboxylic acids is 1. The average molecular weight is 414 g/mol. The summed E-state index contributed by atoms with van der Waals surface area (Å²) < 4.78 is 0. The number of thiazole rings is 1. The van der Waals surface area contributed by atoms with Crippen molar-refractivity contribution in [3.63, 3.8) is 0 Å². The Kier molecular flexibility index (Phi) is 5.96. The van der Waals surface area contributed by atoms with Crippen LogP contribution >= 0.6 is 11.3 Å². The van der Waals surface area contributed by atoms with Crippen LogP contribution < -0.4 is 10.6 Å². The first-order chi connectivity index (χ1) is 14.0. The number of carbonyl (C=O) groups is 2. The second-order valence-corrected chi connectivity index (χ2v) is 9.11. The van der Waals surface area contributed by atoms with Crippen LogP contribution in [0.5, 0.6) is 0 Å². The molecule has 0 unspecified atom stereocenters. The fraction of sp³-hybridized carbons (Fsp3) is 0.500. The zero-order valence-electron chi connectivity index (χ0n) is 16.7. The minimum atomic E-state index is -0.725. The number of nitrogens with zero attached hydrogens (tertiary/aromatic N) is 1. The number of amides is 1. The Morgan fingerprint density at radius 3 is 2.66 bits per heavy atom. The van der Waals surface area contributed by atoms with Crippen LogP contribution in [0, 0.1) is 12.8 Å². The van der Waals surface area contributed by atoms with E-state index >= 15 is 0 Å². The molecule has 1 aliphatic carbocycles. The maximum absolute atomic E-state index is 12.7. The molecule has 1 aromatic carbocycles. The molecular weight excluding hydrogens is 386 g/mol. The van der Waals surface area contributed by atoms with Crippen molar-refractivity contribution in [3.8, 4) is 10.6 Å². The van der Waals surface area contributed by atoms with Gasteiger partial charge in [0.25, 0.3) is 5.91 Å². The summed E-state index contributed by atoms with van der Waals surface area (Å²) in [4.78, 5) is 30.0. The van der Waals surface area contributed by atoms with Crippen LogP contribution in [0.2, 0.25) is 0 Å². The van der Waals surface area contributed by atoms with Gasteiger partial charge in [0.05, 0.1) is 11.6 Å². The number of hydrogen-bond acceptors (Lipinski definition) is 5. The number of rotatable bonds is 4. The smallest absolute Gasteiger partial charge is 0.306 e. The van der Waals surface area contributed by atoms with Gasteiger partial charge in [-0.3, -0.25) is 9.59 Å². The molecule has 1 amide bonds. The Morgan fingerprint density at radius 1 is 1.17 bits per heavy atom. The van der Waals surface area contributed by atoms with E-state index in [0.717, 1.165) is 54.9 Å². The molecule has 1 fully saturated rings. The Balaban J connectivity index is 1.43. The van der Waals surface area contributed by atoms with Crippen molar-refractivity contribution in [2.75, 3.05) is 13.1 Å². The number of hydrogen-bond donors (Lipinski definition) is 3. The van der Waals surface area contributed by atoms with Crippen LogP contribution in [0.1, 0.15) is 52.2 Å². The summed E-state index contributed by atoms with van der Waals surface area (Å²) in [7, 11) is 0. The molecule has 0 radical (unpaired) electrons. The van der Waals surface area contributed by atoms with Crippen LogP contribution in [0.4, 0.5) is 0 Å². The molecule has 6 nitrogen and oxygen atoms in total. The van der Waals surface area contributed by atoms with Crippen LogP contribution in [0.3, 0.4) is 0 Å². The lowest BCUT2D eigenvalue weighted by molar-refractivity contribution is -0.142. The van der Waals surface area contributed by atoms with Gasteiger partial charge in [-0.1, -0.05) is 6.07 Å². The summed E-state index contributed by atoms with van der Waals surface area (Å²) in [6, 6.07) is 5.86. The third kappa shape index (κ3) is 4.51. The standard InChI is InChI=1S/C22H27N3O3S/c1-13-12-15(20(26)24-16-5-2-14(3-6-16)22(27)28)4-7-17(13)21-25-18-8-10-23-11-9-19(18)29-21/h4,7,12,14,16,23H,2-3,5-6,8-11H2,1H3,(H,24,26)(H,27,28). The number of carboxylic acids is 1. The molecule has 3 N–H and O–H groups in total. The first-order valence-electron chi connectivity index (χ1n) is 10.3. The lowest BCUT2D eigenvalue weighted by Crippen LogP contribution is -2.38. The van der Waals surface area contributed by atoms with E-state index in [-0.39, 0.29) is 17.9 Å². The minimum Gasteiger partial charge on any atom is -0.481 e. The van der Waals surface area contributed by atoms with Crippen molar-refractivity contribution in [2.24, 2.45) is 5.92 Å². The normalized spacial score (nSPS) is 21.8. The molecule has 4 rings (SSSR count). The highest BCUT2D eigenvalue weighted by molar-refractivity contribution is 7.15. The fourth-order valence-corrected chi connectivity index (χ4v) is 5.42. The molecule has 29 heavy (non-hydrogen) atoms. The predicted octanol–water partition coefficient (Wildman–Crippen LogP) is 3.18. The van der Waals surface area contributed by atoms with E-state index in [2.05, 4.69) is 10.6 Å². The molecule has 0 atom stereocenters. The zero-order chi connectivity index (χ0) is 20.4. The molecule has 154 valence electrons. The second-order valence-electron chi connectivity index (χ2n) is 8.03. The number of aromatic nitrogens is 1. The molecule has 1 aliphatic heterocycles. The minimum absolute atomic E-state index is 0.0568. The van der Waals surface area contributed by atoms with Crippen molar-refractivity contribution in [2.45, 2.75) is 51.5 Å². The fourth-order valence-electron chi connectivity index (χ4n) is 4.22. The van der Waals surface area contributed by atoms with E-state index in [1.54, 1.807) is 11.3 Å². The van der Waals surface area contributed by atoms with E-state index in [9.17, 15) is 9.59 Å². The quantitative estimate of drug-likeness (QED) is 0.716. The third-order valence-electron chi connectivity index (χ3n) is 5.98. The summed E-state index contributed by atoms with van der Waals surface area (Å²) in [5.41, 5.74) is 3.99. The third-order valence-corrected chi connectivity index (χ3v) is 7.17. The highest BCUT2D eigenvalue weighted by atomic mass is 32.1. The van der Waals surface area contributed by atoms with Gasteiger partial charge in [-0.15, -0.1) is 11.3 Å². The van der Waals surface area contributed by atoms with Crippen molar-refractivity contribution >= 4 is 23.2 Å². The van der Waals surface area contributed by atoms with Gasteiger partial charge in [0.1, 0.15) is 5.01 Å². The Morgan fingerprint density at radius 2 is 1.93 bits per heavy atom. The van der Waals surface area contributed by atoms with Gasteiger partial charge >= 0.3 is 5.97 Å². The van der Waals surface area contributed by atoms with Gasteiger partial charge < -0.3 is 15.7 Å². The lowest BCUT2D eigenvalue weighted by Gasteiger charge is -2.26. The number of nitrogens with one attached hydrogen (secondary N) is 2.